The number of ether oxygens (including phenoxy) is 2. The smallest absolute Gasteiger partial charge is 0.254 e. The van der Waals surface area contributed by atoms with Gasteiger partial charge in [0.25, 0.3) is 5.91 Å². The van der Waals surface area contributed by atoms with E-state index in [-0.39, 0.29) is 11.7 Å². The predicted octanol–water partition coefficient (Wildman–Crippen LogP) is 0.946. The second kappa shape index (κ2) is 8.11. The van der Waals surface area contributed by atoms with Gasteiger partial charge in [-0.3, -0.25) is 9.69 Å². The highest BCUT2D eigenvalue weighted by Gasteiger charge is 2.13. The zero-order chi connectivity index (χ0) is 15.9. The molecule has 2 rings (SSSR count). The van der Waals surface area contributed by atoms with Gasteiger partial charge in [0.1, 0.15) is 0 Å². The number of benzene rings is 1. The summed E-state index contributed by atoms with van der Waals surface area (Å²) < 4.78 is 10.9. The van der Waals surface area contributed by atoms with Crippen molar-refractivity contribution in [1.82, 2.24) is 10.3 Å². The Labute approximate surface area is 137 Å². The van der Waals surface area contributed by atoms with E-state index in [0.29, 0.717) is 35.5 Å². The average molecular weight is 372 g/mol. The maximum absolute atomic E-state index is 11.8. The molecule has 1 aromatic rings. The van der Waals surface area contributed by atoms with Crippen LogP contribution < -0.4 is 10.2 Å². The lowest BCUT2D eigenvalue weighted by atomic mass is 10.2. The Bertz CT molecular complexity index is 559. The molecule has 22 heavy (non-hydrogen) atoms. The van der Waals surface area contributed by atoms with E-state index in [0.717, 1.165) is 13.1 Å². The fourth-order valence-electron chi connectivity index (χ4n) is 1.99. The number of carbonyl (C=O) groups excluding carboxylic acids is 1. The number of amides is 1. The summed E-state index contributed by atoms with van der Waals surface area (Å²) >= 11 is 3.32. The standard InChI is InChI=1S/C14H18BrN3O4/c1-21-13-6-10(11(15)7-12(13)19)8-16-17-14(20)9-18-2-4-22-5-3-18/h6-8,19H,2-5,9H2,1H3,(H,17,20)/b16-8-. The Balaban J connectivity index is 1.90. The monoisotopic (exact) mass is 371 g/mol. The van der Waals surface area contributed by atoms with Crippen molar-refractivity contribution in [3.05, 3.63) is 22.2 Å². The van der Waals surface area contributed by atoms with E-state index in [4.69, 9.17) is 9.47 Å². The van der Waals surface area contributed by atoms with Crippen molar-refractivity contribution in [1.29, 1.82) is 0 Å². The lowest BCUT2D eigenvalue weighted by Crippen LogP contribution is -2.42. The fraction of sp³-hybridized carbons (Fsp3) is 0.429. The third-order valence-electron chi connectivity index (χ3n) is 3.16. The van der Waals surface area contributed by atoms with Crippen molar-refractivity contribution >= 4 is 28.1 Å². The number of halogens is 1. The number of methoxy groups -OCH3 is 1. The highest BCUT2D eigenvalue weighted by atomic mass is 79.9. The fourth-order valence-corrected chi connectivity index (χ4v) is 2.43. The largest absolute Gasteiger partial charge is 0.504 e. The van der Waals surface area contributed by atoms with E-state index in [1.54, 1.807) is 6.07 Å². The van der Waals surface area contributed by atoms with Gasteiger partial charge >= 0.3 is 0 Å². The molecule has 1 aliphatic heterocycles. The minimum atomic E-state index is -0.181. The van der Waals surface area contributed by atoms with Crippen molar-refractivity contribution in [2.24, 2.45) is 5.10 Å². The number of hydrogen-bond acceptors (Lipinski definition) is 6. The third-order valence-corrected chi connectivity index (χ3v) is 3.85. The lowest BCUT2D eigenvalue weighted by molar-refractivity contribution is -0.123. The van der Waals surface area contributed by atoms with Crippen molar-refractivity contribution in [2.45, 2.75) is 0 Å². The Kier molecular flexibility index (Phi) is 6.17. The molecule has 0 saturated carbocycles. The van der Waals surface area contributed by atoms with Crippen LogP contribution in [-0.2, 0) is 9.53 Å². The molecule has 7 nitrogen and oxygen atoms in total. The number of aromatic hydroxyl groups is 1. The normalized spacial score (nSPS) is 15.9. The van der Waals surface area contributed by atoms with Crippen LogP contribution in [0.2, 0.25) is 0 Å². The molecule has 1 saturated heterocycles. The Morgan fingerprint density at radius 1 is 1.55 bits per heavy atom. The number of phenols is 1. The topological polar surface area (TPSA) is 83.4 Å². The molecule has 0 radical (unpaired) electrons. The van der Waals surface area contributed by atoms with Crippen LogP contribution in [0, 0.1) is 0 Å². The van der Waals surface area contributed by atoms with E-state index in [2.05, 4.69) is 26.5 Å². The average Bonchev–Trinajstić information content (AvgIpc) is 2.50. The van der Waals surface area contributed by atoms with Crippen LogP contribution in [0.3, 0.4) is 0 Å². The number of nitrogens with one attached hydrogen (secondary N) is 1. The zero-order valence-corrected chi connectivity index (χ0v) is 13.8. The second-order valence-corrected chi connectivity index (χ2v) is 5.58. The highest BCUT2D eigenvalue weighted by Crippen LogP contribution is 2.31. The Morgan fingerprint density at radius 3 is 2.95 bits per heavy atom. The first-order valence-corrected chi connectivity index (χ1v) is 7.58. The molecule has 0 aromatic heterocycles. The van der Waals surface area contributed by atoms with Gasteiger partial charge in [0.05, 0.1) is 33.1 Å². The lowest BCUT2D eigenvalue weighted by Gasteiger charge is -2.25. The second-order valence-electron chi connectivity index (χ2n) is 4.73. The van der Waals surface area contributed by atoms with Crippen molar-refractivity contribution < 1.29 is 19.4 Å². The number of hydrazone groups is 1. The van der Waals surface area contributed by atoms with Crippen molar-refractivity contribution in [3.63, 3.8) is 0 Å². The molecule has 2 N–H and O–H groups in total. The van der Waals surface area contributed by atoms with Crippen molar-refractivity contribution in [2.75, 3.05) is 40.0 Å². The van der Waals surface area contributed by atoms with Gasteiger partial charge in [0.15, 0.2) is 11.5 Å². The quantitative estimate of drug-likeness (QED) is 0.594. The van der Waals surface area contributed by atoms with Gasteiger partial charge in [-0.05, 0) is 28.1 Å². The van der Waals surface area contributed by atoms with Crippen LogP contribution in [0.1, 0.15) is 5.56 Å². The third kappa shape index (κ3) is 4.69. The summed E-state index contributed by atoms with van der Waals surface area (Å²) in [4.78, 5) is 13.8. The summed E-state index contributed by atoms with van der Waals surface area (Å²) in [5, 5.41) is 13.6. The van der Waals surface area contributed by atoms with Gasteiger partial charge < -0.3 is 14.6 Å². The molecule has 0 unspecified atom stereocenters. The van der Waals surface area contributed by atoms with E-state index < -0.39 is 0 Å². The van der Waals surface area contributed by atoms with Crippen LogP contribution in [0.25, 0.3) is 0 Å². The zero-order valence-electron chi connectivity index (χ0n) is 12.2. The van der Waals surface area contributed by atoms with Gasteiger partial charge in [0, 0.05) is 23.1 Å². The molecular weight excluding hydrogens is 354 g/mol. The summed E-state index contributed by atoms with van der Waals surface area (Å²) in [6.45, 7) is 3.09. The van der Waals surface area contributed by atoms with Crippen LogP contribution in [0.15, 0.2) is 21.7 Å². The number of hydrogen-bond donors (Lipinski definition) is 2. The molecule has 1 amide bonds. The summed E-state index contributed by atoms with van der Waals surface area (Å²) in [7, 11) is 1.47. The molecule has 1 fully saturated rings. The first-order chi connectivity index (χ1) is 10.6. The maximum Gasteiger partial charge on any atom is 0.254 e. The van der Waals surface area contributed by atoms with Gasteiger partial charge in [-0.1, -0.05) is 0 Å². The molecule has 120 valence electrons. The van der Waals surface area contributed by atoms with Crippen LogP contribution >= 0.6 is 15.9 Å². The molecule has 0 bridgehead atoms. The highest BCUT2D eigenvalue weighted by molar-refractivity contribution is 9.10. The van der Waals surface area contributed by atoms with Crippen LogP contribution in [0.5, 0.6) is 11.5 Å². The molecule has 0 aliphatic carbocycles. The molecular formula is C14H18BrN3O4. The first-order valence-electron chi connectivity index (χ1n) is 6.78. The minimum absolute atomic E-state index is 0.0304. The van der Waals surface area contributed by atoms with E-state index in [1.165, 1.54) is 19.4 Å². The molecule has 0 atom stereocenters. The summed E-state index contributed by atoms with van der Waals surface area (Å²) in [6.07, 6.45) is 1.49. The molecule has 1 aromatic carbocycles. The molecule has 0 spiro atoms. The summed E-state index contributed by atoms with van der Waals surface area (Å²) in [5.74, 6) is 0.187. The minimum Gasteiger partial charge on any atom is -0.504 e. The number of nitrogens with zero attached hydrogens (tertiary/aromatic N) is 2. The van der Waals surface area contributed by atoms with Crippen LogP contribution in [-0.4, -0.2) is 62.1 Å². The molecule has 8 heteroatoms. The van der Waals surface area contributed by atoms with E-state index in [1.807, 2.05) is 4.90 Å². The van der Waals surface area contributed by atoms with Gasteiger partial charge in [-0.2, -0.15) is 5.10 Å². The summed E-state index contributed by atoms with van der Waals surface area (Å²) in [6, 6.07) is 3.13. The predicted molar refractivity (Wildman–Crippen MR) is 85.4 cm³/mol. The van der Waals surface area contributed by atoms with Crippen molar-refractivity contribution in [3.8, 4) is 11.5 Å². The van der Waals surface area contributed by atoms with E-state index in [9.17, 15) is 9.90 Å². The van der Waals surface area contributed by atoms with Gasteiger partial charge in [-0.15, -0.1) is 0 Å². The number of morpholine rings is 1. The molecule has 1 heterocycles. The van der Waals surface area contributed by atoms with Gasteiger partial charge in [-0.25, -0.2) is 5.43 Å². The van der Waals surface area contributed by atoms with E-state index >= 15 is 0 Å². The summed E-state index contributed by atoms with van der Waals surface area (Å²) in [5.41, 5.74) is 3.16. The van der Waals surface area contributed by atoms with Gasteiger partial charge in [0.2, 0.25) is 0 Å². The maximum atomic E-state index is 11.8. The SMILES string of the molecule is COc1cc(/C=N\NC(=O)CN2CCOCC2)c(Br)cc1O. The molecule has 1 aliphatic rings. The van der Waals surface area contributed by atoms with Crippen LogP contribution in [0.4, 0.5) is 0 Å². The Hall–Kier alpha value is -1.64. The Morgan fingerprint density at radius 2 is 2.27 bits per heavy atom. The number of carbonyl (C=O) groups is 1. The first kappa shape index (κ1) is 16.7. The number of phenolic OH excluding ortho intramolecular Hbond substituents is 1. The number of rotatable bonds is 5.